The van der Waals surface area contributed by atoms with Gasteiger partial charge in [0.1, 0.15) is 17.0 Å². The third-order valence-electron chi connectivity index (χ3n) is 3.69. The van der Waals surface area contributed by atoms with Gasteiger partial charge in [0, 0.05) is 32.7 Å². The molecule has 140 valence electrons. The maximum absolute atomic E-state index is 12.8. The summed E-state index contributed by atoms with van der Waals surface area (Å²) in [7, 11) is 3.08. The standard InChI is InChI=1S/C17H14F3N5O2/c1-24(2)16(27)10-8-14-21-6-7-25(14)9-12(10)23-15(26)11-4-3-5-13(22-11)17(18,19)20/h3-9H,1-2H3,(H,23,26). The lowest BCUT2D eigenvalue weighted by Crippen LogP contribution is -2.25. The van der Waals surface area contributed by atoms with E-state index in [4.69, 9.17) is 0 Å². The second kappa shape index (κ2) is 6.71. The summed E-state index contributed by atoms with van der Waals surface area (Å²) in [4.78, 5) is 33.6. The highest BCUT2D eigenvalue weighted by Crippen LogP contribution is 2.27. The maximum atomic E-state index is 12.8. The monoisotopic (exact) mass is 377 g/mol. The minimum absolute atomic E-state index is 0.128. The molecule has 0 bridgehead atoms. The number of nitrogens with one attached hydrogen (secondary N) is 1. The van der Waals surface area contributed by atoms with Gasteiger partial charge in [0.05, 0.1) is 11.3 Å². The first kappa shape index (κ1) is 18.4. The van der Waals surface area contributed by atoms with E-state index in [1.807, 2.05) is 0 Å². The normalized spacial score (nSPS) is 11.4. The van der Waals surface area contributed by atoms with Crippen LogP contribution in [0.5, 0.6) is 0 Å². The van der Waals surface area contributed by atoms with Crippen LogP contribution in [0.15, 0.2) is 42.9 Å². The van der Waals surface area contributed by atoms with Crippen molar-refractivity contribution in [2.75, 3.05) is 19.4 Å². The zero-order chi connectivity index (χ0) is 19.8. The number of anilines is 1. The molecule has 0 saturated carbocycles. The van der Waals surface area contributed by atoms with Gasteiger partial charge in [0.25, 0.3) is 11.8 Å². The third-order valence-corrected chi connectivity index (χ3v) is 3.69. The van der Waals surface area contributed by atoms with Crippen molar-refractivity contribution in [3.05, 3.63) is 59.8 Å². The molecule has 1 N–H and O–H groups in total. The SMILES string of the molecule is CN(C)C(=O)c1cc2nccn2cc1NC(=O)c1cccc(C(F)(F)F)n1. The second-order valence-corrected chi connectivity index (χ2v) is 5.85. The van der Waals surface area contributed by atoms with Gasteiger partial charge in [-0.05, 0) is 18.2 Å². The van der Waals surface area contributed by atoms with Crippen molar-refractivity contribution in [1.82, 2.24) is 19.3 Å². The Morgan fingerprint density at radius 1 is 1.22 bits per heavy atom. The number of imidazole rings is 1. The van der Waals surface area contributed by atoms with Crippen LogP contribution in [0, 0.1) is 0 Å². The van der Waals surface area contributed by atoms with Gasteiger partial charge < -0.3 is 14.6 Å². The molecule has 0 atom stereocenters. The fraction of sp³-hybridized carbons (Fsp3) is 0.176. The van der Waals surface area contributed by atoms with Gasteiger partial charge in [-0.3, -0.25) is 9.59 Å². The smallest absolute Gasteiger partial charge is 0.345 e. The molecule has 0 unspecified atom stereocenters. The number of carbonyl (C=O) groups is 2. The van der Waals surface area contributed by atoms with Gasteiger partial charge in [0.2, 0.25) is 0 Å². The molecule has 3 heterocycles. The van der Waals surface area contributed by atoms with E-state index in [0.29, 0.717) is 5.65 Å². The number of hydrogen-bond donors (Lipinski definition) is 1. The Balaban J connectivity index is 1.99. The lowest BCUT2D eigenvalue weighted by atomic mass is 10.2. The molecule has 0 radical (unpaired) electrons. The van der Waals surface area contributed by atoms with Crippen LogP contribution in [0.1, 0.15) is 26.5 Å². The number of hydrogen-bond acceptors (Lipinski definition) is 4. The molecular weight excluding hydrogens is 363 g/mol. The molecule has 10 heteroatoms. The molecule has 3 rings (SSSR count). The number of fused-ring (bicyclic) bond motifs is 1. The highest BCUT2D eigenvalue weighted by molar-refractivity contribution is 6.08. The fourth-order valence-electron chi connectivity index (χ4n) is 2.38. The Bertz CT molecular complexity index is 1030. The van der Waals surface area contributed by atoms with Gasteiger partial charge >= 0.3 is 6.18 Å². The zero-order valence-electron chi connectivity index (χ0n) is 14.3. The Morgan fingerprint density at radius 2 is 1.96 bits per heavy atom. The van der Waals surface area contributed by atoms with Crippen molar-refractivity contribution in [3.63, 3.8) is 0 Å². The summed E-state index contributed by atoms with van der Waals surface area (Å²) in [5.74, 6) is -1.26. The average Bonchev–Trinajstić information content (AvgIpc) is 3.07. The van der Waals surface area contributed by atoms with E-state index in [0.717, 1.165) is 18.2 Å². The molecule has 27 heavy (non-hydrogen) atoms. The minimum Gasteiger partial charge on any atom is -0.345 e. The summed E-state index contributed by atoms with van der Waals surface area (Å²) in [5, 5.41) is 2.46. The predicted octanol–water partition coefficient (Wildman–Crippen LogP) is 2.70. The van der Waals surface area contributed by atoms with Crippen molar-refractivity contribution in [1.29, 1.82) is 0 Å². The fourth-order valence-corrected chi connectivity index (χ4v) is 2.38. The zero-order valence-corrected chi connectivity index (χ0v) is 14.3. The molecule has 0 aliphatic carbocycles. The summed E-state index contributed by atoms with van der Waals surface area (Å²) >= 11 is 0. The van der Waals surface area contributed by atoms with Crippen molar-refractivity contribution in [2.45, 2.75) is 6.18 Å². The van der Waals surface area contributed by atoms with E-state index >= 15 is 0 Å². The first-order valence-electron chi connectivity index (χ1n) is 7.71. The summed E-state index contributed by atoms with van der Waals surface area (Å²) < 4.78 is 40.0. The van der Waals surface area contributed by atoms with Crippen LogP contribution < -0.4 is 5.32 Å². The lowest BCUT2D eigenvalue weighted by molar-refractivity contribution is -0.141. The van der Waals surface area contributed by atoms with E-state index in [1.54, 1.807) is 10.6 Å². The average molecular weight is 377 g/mol. The van der Waals surface area contributed by atoms with Crippen LogP contribution in [0.2, 0.25) is 0 Å². The molecular formula is C17H14F3N5O2. The van der Waals surface area contributed by atoms with Crippen molar-refractivity contribution in [2.24, 2.45) is 0 Å². The van der Waals surface area contributed by atoms with E-state index < -0.39 is 29.4 Å². The largest absolute Gasteiger partial charge is 0.433 e. The number of aromatic nitrogens is 3. The number of carbonyl (C=O) groups excluding carboxylic acids is 2. The minimum atomic E-state index is -4.67. The topological polar surface area (TPSA) is 79.6 Å². The van der Waals surface area contributed by atoms with Crippen LogP contribution in [-0.4, -0.2) is 45.2 Å². The van der Waals surface area contributed by atoms with Gasteiger partial charge in [-0.25, -0.2) is 9.97 Å². The summed E-state index contributed by atoms with van der Waals surface area (Å²) in [6.45, 7) is 0. The second-order valence-electron chi connectivity index (χ2n) is 5.85. The van der Waals surface area contributed by atoms with Crippen LogP contribution in [0.4, 0.5) is 18.9 Å². The summed E-state index contributed by atoms with van der Waals surface area (Å²) in [5.41, 5.74) is -0.832. The molecule has 0 saturated heterocycles. The van der Waals surface area contributed by atoms with Gasteiger partial charge in [0.15, 0.2) is 0 Å². The van der Waals surface area contributed by atoms with Crippen molar-refractivity contribution >= 4 is 23.1 Å². The van der Waals surface area contributed by atoms with E-state index in [9.17, 15) is 22.8 Å². The van der Waals surface area contributed by atoms with E-state index in [2.05, 4.69) is 15.3 Å². The van der Waals surface area contributed by atoms with E-state index in [1.165, 1.54) is 37.5 Å². The quantitative estimate of drug-likeness (QED) is 0.761. The molecule has 3 aromatic heterocycles. The molecule has 7 nitrogen and oxygen atoms in total. The molecule has 0 fully saturated rings. The number of rotatable bonds is 3. The number of nitrogens with zero attached hydrogens (tertiary/aromatic N) is 4. The van der Waals surface area contributed by atoms with Crippen LogP contribution in [0.25, 0.3) is 5.65 Å². The van der Waals surface area contributed by atoms with Crippen LogP contribution >= 0.6 is 0 Å². The van der Waals surface area contributed by atoms with Crippen LogP contribution in [0.3, 0.4) is 0 Å². The number of amides is 2. The lowest BCUT2D eigenvalue weighted by Gasteiger charge is -2.15. The molecule has 2 amide bonds. The predicted molar refractivity (Wildman–Crippen MR) is 90.4 cm³/mol. The van der Waals surface area contributed by atoms with Crippen molar-refractivity contribution in [3.8, 4) is 0 Å². The summed E-state index contributed by atoms with van der Waals surface area (Å²) in [6, 6.07) is 4.51. The number of alkyl halides is 3. The highest BCUT2D eigenvalue weighted by Gasteiger charge is 2.33. The highest BCUT2D eigenvalue weighted by atomic mass is 19.4. The molecule has 0 aliphatic rings. The van der Waals surface area contributed by atoms with Gasteiger partial charge in [-0.2, -0.15) is 13.2 Å². The molecule has 0 aromatic carbocycles. The Labute approximate surface area is 151 Å². The first-order chi connectivity index (χ1) is 12.7. The van der Waals surface area contributed by atoms with Crippen molar-refractivity contribution < 1.29 is 22.8 Å². The van der Waals surface area contributed by atoms with E-state index in [-0.39, 0.29) is 11.3 Å². The van der Waals surface area contributed by atoms with Gasteiger partial charge in [-0.15, -0.1) is 0 Å². The van der Waals surface area contributed by atoms with Crippen LogP contribution in [-0.2, 0) is 6.18 Å². The maximum Gasteiger partial charge on any atom is 0.433 e. The Hall–Kier alpha value is -3.43. The first-order valence-corrected chi connectivity index (χ1v) is 7.71. The Kier molecular flexibility index (Phi) is 4.56. The molecule has 3 aromatic rings. The molecule has 0 aliphatic heterocycles. The molecule has 0 spiro atoms. The van der Waals surface area contributed by atoms with Gasteiger partial charge in [-0.1, -0.05) is 6.07 Å². The number of halogens is 3. The number of pyridine rings is 2. The summed E-state index contributed by atoms with van der Waals surface area (Å²) in [6.07, 6.45) is -0.0841. The third kappa shape index (κ3) is 3.73. The Morgan fingerprint density at radius 3 is 2.63 bits per heavy atom.